The third-order valence-corrected chi connectivity index (χ3v) is 4.46. The number of benzene rings is 1. The van der Waals surface area contributed by atoms with Gasteiger partial charge in [0.25, 0.3) is 5.91 Å². The van der Waals surface area contributed by atoms with Crippen LogP contribution < -0.4 is 15.4 Å². The number of anilines is 1. The van der Waals surface area contributed by atoms with E-state index in [9.17, 15) is 4.79 Å². The number of amides is 1. The Labute approximate surface area is 140 Å². The van der Waals surface area contributed by atoms with E-state index in [0.717, 1.165) is 55.6 Å². The first kappa shape index (κ1) is 17.8. The minimum atomic E-state index is 0.0271. The van der Waals surface area contributed by atoms with E-state index < -0.39 is 0 Å². The lowest BCUT2D eigenvalue weighted by molar-refractivity contribution is -0.121. The van der Waals surface area contributed by atoms with Crippen LogP contribution >= 0.6 is 0 Å². The lowest BCUT2D eigenvalue weighted by Crippen LogP contribution is -2.39. The maximum Gasteiger partial charge on any atom is 0.265 e. The van der Waals surface area contributed by atoms with Gasteiger partial charge in [-0.2, -0.15) is 0 Å². The molecule has 128 valence electrons. The molecule has 2 rings (SSSR count). The average molecular weight is 318 g/mol. The molecule has 2 N–H and O–H groups in total. The van der Waals surface area contributed by atoms with Crippen molar-refractivity contribution in [3.63, 3.8) is 0 Å². The number of carbonyl (C=O) groups excluding carboxylic acids is 1. The van der Waals surface area contributed by atoms with Crippen LogP contribution in [0.15, 0.2) is 18.2 Å². The van der Waals surface area contributed by atoms with E-state index in [1.165, 1.54) is 12.8 Å². The van der Waals surface area contributed by atoms with E-state index >= 15 is 0 Å². The van der Waals surface area contributed by atoms with Gasteiger partial charge in [-0.1, -0.05) is 52.0 Å². The molecule has 1 aromatic carbocycles. The van der Waals surface area contributed by atoms with Gasteiger partial charge in [0, 0.05) is 12.6 Å². The fourth-order valence-corrected chi connectivity index (χ4v) is 2.98. The Balaban J connectivity index is 2.12. The number of nitrogens with zero attached hydrogens (tertiary/aromatic N) is 1. The highest BCUT2D eigenvalue weighted by Gasteiger charge is 2.25. The minimum Gasteiger partial charge on any atom is -0.482 e. The standard InChI is InChI=1S/C19H30N2O2/c1-3-5-7-8-12-21-17-13-15(16(20)9-6-4-2)10-11-18(17)23-14-19(21)22/h10-11,13,16H,3-9,12,14,20H2,1-2H3. The third-order valence-electron chi connectivity index (χ3n) is 4.46. The Morgan fingerprint density at radius 3 is 2.70 bits per heavy atom. The van der Waals surface area contributed by atoms with Gasteiger partial charge >= 0.3 is 0 Å². The van der Waals surface area contributed by atoms with Gasteiger partial charge < -0.3 is 15.4 Å². The molecule has 23 heavy (non-hydrogen) atoms. The van der Waals surface area contributed by atoms with Crippen LogP contribution in [0.4, 0.5) is 5.69 Å². The molecule has 0 spiro atoms. The summed E-state index contributed by atoms with van der Waals surface area (Å²) in [5.74, 6) is 0.847. The number of fused-ring (bicyclic) bond motifs is 1. The van der Waals surface area contributed by atoms with Crippen molar-refractivity contribution < 1.29 is 9.53 Å². The van der Waals surface area contributed by atoms with Crippen LogP contribution in [0.2, 0.25) is 0 Å². The minimum absolute atomic E-state index is 0.0271. The Morgan fingerprint density at radius 2 is 1.96 bits per heavy atom. The van der Waals surface area contributed by atoms with Gasteiger partial charge in [-0.05, 0) is 30.5 Å². The summed E-state index contributed by atoms with van der Waals surface area (Å²) >= 11 is 0. The first-order valence-electron chi connectivity index (χ1n) is 9.00. The summed E-state index contributed by atoms with van der Waals surface area (Å²) in [6.07, 6.45) is 7.84. The fourth-order valence-electron chi connectivity index (χ4n) is 2.98. The van der Waals surface area contributed by atoms with Crippen molar-refractivity contribution in [2.45, 2.75) is 64.8 Å². The second-order valence-electron chi connectivity index (χ2n) is 6.37. The number of rotatable bonds is 9. The van der Waals surface area contributed by atoms with Gasteiger partial charge in [0.2, 0.25) is 0 Å². The van der Waals surface area contributed by atoms with E-state index in [4.69, 9.17) is 10.5 Å². The van der Waals surface area contributed by atoms with Crippen LogP contribution in [0.25, 0.3) is 0 Å². The third kappa shape index (κ3) is 4.71. The molecule has 0 saturated heterocycles. The Hall–Kier alpha value is -1.55. The SMILES string of the molecule is CCCCCCN1C(=O)COc2ccc(C(N)CCCC)cc21. The predicted molar refractivity (Wildman–Crippen MR) is 94.9 cm³/mol. The van der Waals surface area contributed by atoms with Crippen LogP contribution in [0.3, 0.4) is 0 Å². The fraction of sp³-hybridized carbons (Fsp3) is 0.632. The van der Waals surface area contributed by atoms with Crippen LogP contribution in [0, 0.1) is 0 Å². The first-order valence-corrected chi connectivity index (χ1v) is 9.00. The summed E-state index contributed by atoms with van der Waals surface area (Å²) in [4.78, 5) is 14.1. The molecule has 4 nitrogen and oxygen atoms in total. The molecule has 0 radical (unpaired) electrons. The second kappa shape index (κ2) is 8.92. The monoisotopic (exact) mass is 318 g/mol. The number of carbonyl (C=O) groups is 1. The van der Waals surface area contributed by atoms with E-state index in [2.05, 4.69) is 13.8 Å². The van der Waals surface area contributed by atoms with Crippen molar-refractivity contribution in [1.82, 2.24) is 0 Å². The number of ether oxygens (including phenoxy) is 1. The highest BCUT2D eigenvalue weighted by atomic mass is 16.5. The molecule has 0 aliphatic carbocycles. The molecule has 1 aliphatic heterocycles. The smallest absolute Gasteiger partial charge is 0.265 e. The highest BCUT2D eigenvalue weighted by Crippen LogP contribution is 2.35. The Kier molecular flexibility index (Phi) is 6.90. The van der Waals surface area contributed by atoms with Crippen LogP contribution in [-0.4, -0.2) is 19.1 Å². The summed E-state index contributed by atoms with van der Waals surface area (Å²) < 4.78 is 5.58. The van der Waals surface area contributed by atoms with Crippen molar-refractivity contribution in [2.75, 3.05) is 18.1 Å². The zero-order chi connectivity index (χ0) is 16.7. The molecule has 1 heterocycles. The lowest BCUT2D eigenvalue weighted by atomic mass is 10.0. The molecule has 1 aliphatic rings. The topological polar surface area (TPSA) is 55.6 Å². The molecule has 1 unspecified atom stereocenters. The van der Waals surface area contributed by atoms with E-state index in [1.54, 1.807) is 0 Å². The zero-order valence-electron chi connectivity index (χ0n) is 14.5. The number of hydrogen-bond donors (Lipinski definition) is 1. The van der Waals surface area contributed by atoms with Crippen LogP contribution in [0.5, 0.6) is 5.75 Å². The van der Waals surface area contributed by atoms with Crippen molar-refractivity contribution in [3.8, 4) is 5.75 Å². The van der Waals surface area contributed by atoms with E-state index in [0.29, 0.717) is 0 Å². The van der Waals surface area contributed by atoms with Crippen molar-refractivity contribution in [1.29, 1.82) is 0 Å². The summed E-state index contributed by atoms with van der Waals surface area (Å²) in [5, 5.41) is 0. The molecule has 0 fully saturated rings. The second-order valence-corrected chi connectivity index (χ2v) is 6.37. The zero-order valence-corrected chi connectivity index (χ0v) is 14.5. The van der Waals surface area contributed by atoms with Gasteiger partial charge in [-0.25, -0.2) is 0 Å². The van der Waals surface area contributed by atoms with Gasteiger partial charge in [-0.3, -0.25) is 4.79 Å². The van der Waals surface area contributed by atoms with Gasteiger partial charge in [0.05, 0.1) is 5.69 Å². The Bertz CT molecular complexity index is 516. The number of unbranched alkanes of at least 4 members (excludes halogenated alkanes) is 4. The molecular formula is C19H30N2O2. The number of nitrogens with two attached hydrogens (primary N) is 1. The van der Waals surface area contributed by atoms with Crippen molar-refractivity contribution in [3.05, 3.63) is 23.8 Å². The maximum absolute atomic E-state index is 12.2. The summed E-state index contributed by atoms with van der Waals surface area (Å²) in [7, 11) is 0. The molecule has 1 aromatic rings. The van der Waals surface area contributed by atoms with Crippen LogP contribution in [-0.2, 0) is 4.79 Å². The molecule has 1 atom stereocenters. The molecule has 0 bridgehead atoms. The van der Waals surface area contributed by atoms with Gasteiger partial charge in [0.15, 0.2) is 6.61 Å². The van der Waals surface area contributed by atoms with Crippen molar-refractivity contribution >= 4 is 11.6 Å². The van der Waals surface area contributed by atoms with Crippen molar-refractivity contribution in [2.24, 2.45) is 5.73 Å². The van der Waals surface area contributed by atoms with Gasteiger partial charge in [-0.15, -0.1) is 0 Å². The Morgan fingerprint density at radius 1 is 1.17 bits per heavy atom. The first-order chi connectivity index (χ1) is 11.2. The number of hydrogen-bond acceptors (Lipinski definition) is 3. The summed E-state index contributed by atoms with van der Waals surface area (Å²) in [6.45, 7) is 5.27. The maximum atomic E-state index is 12.2. The quantitative estimate of drug-likeness (QED) is 0.695. The van der Waals surface area contributed by atoms with Crippen LogP contribution in [0.1, 0.15) is 70.4 Å². The molecule has 4 heteroatoms. The molecular weight excluding hydrogens is 288 g/mol. The summed E-state index contributed by atoms with van der Waals surface area (Å²) in [6, 6.07) is 6.07. The molecule has 1 amide bonds. The normalized spacial score (nSPS) is 15.3. The van der Waals surface area contributed by atoms with E-state index in [-0.39, 0.29) is 18.6 Å². The molecule has 0 aromatic heterocycles. The largest absolute Gasteiger partial charge is 0.482 e. The molecule has 0 saturated carbocycles. The van der Waals surface area contributed by atoms with Gasteiger partial charge in [0.1, 0.15) is 5.75 Å². The lowest BCUT2D eigenvalue weighted by Gasteiger charge is -2.30. The summed E-state index contributed by atoms with van der Waals surface area (Å²) in [5.41, 5.74) is 8.27. The average Bonchev–Trinajstić information content (AvgIpc) is 2.57. The van der Waals surface area contributed by atoms with E-state index in [1.807, 2.05) is 23.1 Å². The highest BCUT2D eigenvalue weighted by molar-refractivity contribution is 5.97. The predicted octanol–water partition coefficient (Wildman–Crippen LogP) is 4.18.